The molecule has 1 aromatic rings. The summed E-state index contributed by atoms with van der Waals surface area (Å²) in [5.74, 6) is 0.732. The van der Waals surface area contributed by atoms with Crippen molar-refractivity contribution >= 4 is 11.8 Å². The Morgan fingerprint density at radius 2 is 2.17 bits per heavy atom. The molecule has 6 heteroatoms. The standard InChI is InChI=1S/C18H25N3O3/c1-2-24-16-6-4-3-5-13(16)12-21-10-9-19-18(23)15(21)11-17(22)20-14-7-8-14/h3-6,14-15H,2,7-12H2,1H3,(H,19,23)(H,20,22)/t15-/m0/s1. The van der Waals surface area contributed by atoms with Gasteiger partial charge in [-0.05, 0) is 25.8 Å². The van der Waals surface area contributed by atoms with E-state index in [1.54, 1.807) is 0 Å². The molecule has 1 aromatic carbocycles. The highest BCUT2D eigenvalue weighted by molar-refractivity contribution is 5.89. The Bertz CT molecular complexity index is 601. The third kappa shape index (κ3) is 4.26. The third-order valence-electron chi connectivity index (χ3n) is 4.41. The first-order valence-electron chi connectivity index (χ1n) is 8.69. The lowest BCUT2D eigenvalue weighted by molar-refractivity contribution is -0.134. The van der Waals surface area contributed by atoms with Crippen LogP contribution >= 0.6 is 0 Å². The number of carbonyl (C=O) groups is 2. The summed E-state index contributed by atoms with van der Waals surface area (Å²) in [7, 11) is 0. The van der Waals surface area contributed by atoms with Gasteiger partial charge in [0.25, 0.3) is 0 Å². The Hall–Kier alpha value is -2.08. The summed E-state index contributed by atoms with van der Waals surface area (Å²) in [5, 5.41) is 5.84. The van der Waals surface area contributed by atoms with Crippen molar-refractivity contribution in [1.29, 1.82) is 0 Å². The zero-order chi connectivity index (χ0) is 16.9. The molecule has 0 unspecified atom stereocenters. The number of ether oxygens (including phenoxy) is 1. The van der Waals surface area contributed by atoms with Gasteiger partial charge in [0.15, 0.2) is 0 Å². The molecule has 1 saturated heterocycles. The van der Waals surface area contributed by atoms with Crippen LogP contribution in [0.1, 0.15) is 31.7 Å². The quantitative estimate of drug-likeness (QED) is 0.784. The van der Waals surface area contributed by atoms with Gasteiger partial charge in [-0.1, -0.05) is 18.2 Å². The molecule has 24 heavy (non-hydrogen) atoms. The first-order chi connectivity index (χ1) is 11.7. The van der Waals surface area contributed by atoms with E-state index in [0.717, 1.165) is 30.7 Å². The van der Waals surface area contributed by atoms with Crippen LogP contribution in [-0.4, -0.2) is 48.5 Å². The number of amides is 2. The fourth-order valence-electron chi connectivity index (χ4n) is 3.01. The normalized spacial score (nSPS) is 21.2. The second-order valence-electron chi connectivity index (χ2n) is 6.36. The molecule has 0 spiro atoms. The van der Waals surface area contributed by atoms with Crippen LogP contribution < -0.4 is 15.4 Å². The molecule has 1 atom stereocenters. The van der Waals surface area contributed by atoms with E-state index < -0.39 is 6.04 Å². The summed E-state index contributed by atoms with van der Waals surface area (Å²) >= 11 is 0. The number of nitrogens with zero attached hydrogens (tertiary/aromatic N) is 1. The van der Waals surface area contributed by atoms with Crippen LogP contribution in [0, 0.1) is 0 Å². The van der Waals surface area contributed by atoms with Crippen molar-refractivity contribution < 1.29 is 14.3 Å². The number of hydrogen-bond donors (Lipinski definition) is 2. The molecule has 2 amide bonds. The van der Waals surface area contributed by atoms with Gasteiger partial charge in [-0.3, -0.25) is 14.5 Å². The SMILES string of the molecule is CCOc1ccccc1CN1CCNC(=O)[C@@H]1CC(=O)NC1CC1. The summed E-state index contributed by atoms with van der Waals surface area (Å²) in [6.07, 6.45) is 2.31. The summed E-state index contributed by atoms with van der Waals surface area (Å²) < 4.78 is 5.68. The molecular formula is C18H25N3O3. The van der Waals surface area contributed by atoms with Crippen molar-refractivity contribution in [1.82, 2.24) is 15.5 Å². The Labute approximate surface area is 142 Å². The fraction of sp³-hybridized carbons (Fsp3) is 0.556. The Kier molecular flexibility index (Phi) is 5.35. The molecule has 1 aliphatic heterocycles. The van der Waals surface area contributed by atoms with Gasteiger partial charge in [0.1, 0.15) is 5.75 Å². The molecule has 1 aliphatic carbocycles. The van der Waals surface area contributed by atoms with Gasteiger partial charge in [0.05, 0.1) is 19.1 Å². The zero-order valence-corrected chi connectivity index (χ0v) is 14.1. The topological polar surface area (TPSA) is 70.7 Å². The number of rotatable bonds is 7. The molecule has 3 rings (SSSR count). The van der Waals surface area contributed by atoms with E-state index in [1.807, 2.05) is 31.2 Å². The molecule has 1 saturated carbocycles. The summed E-state index contributed by atoms with van der Waals surface area (Å²) in [4.78, 5) is 26.5. The molecule has 2 N–H and O–H groups in total. The highest BCUT2D eigenvalue weighted by Crippen LogP contribution is 2.23. The predicted octanol–water partition coefficient (Wildman–Crippen LogP) is 1.05. The van der Waals surface area contributed by atoms with E-state index in [9.17, 15) is 9.59 Å². The number of para-hydroxylation sites is 1. The van der Waals surface area contributed by atoms with Crippen molar-refractivity contribution in [2.75, 3.05) is 19.7 Å². The lowest BCUT2D eigenvalue weighted by atomic mass is 10.1. The Morgan fingerprint density at radius 3 is 2.92 bits per heavy atom. The zero-order valence-electron chi connectivity index (χ0n) is 14.1. The second kappa shape index (κ2) is 7.66. The Balaban J connectivity index is 1.69. The molecule has 0 aromatic heterocycles. The number of nitrogens with one attached hydrogen (secondary N) is 2. The van der Waals surface area contributed by atoms with Crippen LogP contribution in [0.5, 0.6) is 5.75 Å². The minimum absolute atomic E-state index is 0.0392. The van der Waals surface area contributed by atoms with Gasteiger partial charge >= 0.3 is 0 Å². The number of hydrogen-bond acceptors (Lipinski definition) is 4. The highest BCUT2D eigenvalue weighted by atomic mass is 16.5. The van der Waals surface area contributed by atoms with Gasteiger partial charge in [0.2, 0.25) is 11.8 Å². The van der Waals surface area contributed by atoms with Crippen LogP contribution in [0.4, 0.5) is 0 Å². The van der Waals surface area contributed by atoms with Crippen molar-refractivity contribution in [3.8, 4) is 5.75 Å². The molecule has 2 aliphatic rings. The van der Waals surface area contributed by atoms with E-state index in [1.165, 1.54) is 0 Å². The molecule has 0 bridgehead atoms. The van der Waals surface area contributed by atoms with E-state index in [-0.39, 0.29) is 18.2 Å². The predicted molar refractivity (Wildman–Crippen MR) is 90.6 cm³/mol. The van der Waals surface area contributed by atoms with E-state index in [0.29, 0.717) is 25.7 Å². The minimum atomic E-state index is -0.424. The average molecular weight is 331 g/mol. The summed E-state index contributed by atoms with van der Waals surface area (Å²) in [5.41, 5.74) is 1.04. The molecular weight excluding hydrogens is 306 g/mol. The maximum absolute atomic E-state index is 12.3. The van der Waals surface area contributed by atoms with Crippen molar-refractivity contribution in [2.24, 2.45) is 0 Å². The van der Waals surface area contributed by atoms with Crippen molar-refractivity contribution in [2.45, 2.75) is 44.8 Å². The van der Waals surface area contributed by atoms with Crippen LogP contribution in [0.3, 0.4) is 0 Å². The summed E-state index contributed by atoms with van der Waals surface area (Å²) in [6.45, 7) is 4.50. The van der Waals surface area contributed by atoms with Gasteiger partial charge in [0, 0.05) is 31.2 Å². The largest absolute Gasteiger partial charge is 0.494 e. The van der Waals surface area contributed by atoms with Gasteiger partial charge in [-0.15, -0.1) is 0 Å². The lowest BCUT2D eigenvalue weighted by Gasteiger charge is -2.35. The van der Waals surface area contributed by atoms with Crippen LogP contribution in [0.2, 0.25) is 0 Å². The maximum atomic E-state index is 12.3. The highest BCUT2D eigenvalue weighted by Gasteiger charge is 2.33. The van der Waals surface area contributed by atoms with E-state index >= 15 is 0 Å². The molecule has 0 radical (unpaired) electrons. The number of carbonyl (C=O) groups excluding carboxylic acids is 2. The van der Waals surface area contributed by atoms with E-state index in [4.69, 9.17) is 4.74 Å². The summed E-state index contributed by atoms with van der Waals surface area (Å²) in [6, 6.07) is 7.76. The third-order valence-corrected chi connectivity index (χ3v) is 4.41. The maximum Gasteiger partial charge on any atom is 0.237 e. The first-order valence-corrected chi connectivity index (χ1v) is 8.69. The van der Waals surface area contributed by atoms with Crippen molar-refractivity contribution in [3.05, 3.63) is 29.8 Å². The van der Waals surface area contributed by atoms with Crippen LogP contribution in [-0.2, 0) is 16.1 Å². The molecule has 1 heterocycles. The fourth-order valence-corrected chi connectivity index (χ4v) is 3.01. The molecule has 2 fully saturated rings. The molecule has 130 valence electrons. The number of benzene rings is 1. The Morgan fingerprint density at radius 1 is 1.38 bits per heavy atom. The lowest BCUT2D eigenvalue weighted by Crippen LogP contribution is -2.56. The second-order valence-corrected chi connectivity index (χ2v) is 6.36. The minimum Gasteiger partial charge on any atom is -0.494 e. The van der Waals surface area contributed by atoms with Crippen molar-refractivity contribution in [3.63, 3.8) is 0 Å². The van der Waals surface area contributed by atoms with Gasteiger partial charge < -0.3 is 15.4 Å². The van der Waals surface area contributed by atoms with Crippen LogP contribution in [0.15, 0.2) is 24.3 Å². The molecule has 6 nitrogen and oxygen atoms in total. The smallest absolute Gasteiger partial charge is 0.237 e. The van der Waals surface area contributed by atoms with E-state index in [2.05, 4.69) is 15.5 Å². The monoisotopic (exact) mass is 331 g/mol. The van der Waals surface area contributed by atoms with Gasteiger partial charge in [-0.2, -0.15) is 0 Å². The van der Waals surface area contributed by atoms with Crippen LogP contribution in [0.25, 0.3) is 0 Å². The first kappa shape index (κ1) is 16.8. The number of piperazine rings is 1. The van der Waals surface area contributed by atoms with Gasteiger partial charge in [-0.25, -0.2) is 0 Å². The average Bonchev–Trinajstić information content (AvgIpc) is 3.37.